The smallest absolute Gasteiger partial charge is 0.326 e. The monoisotopic (exact) mass is 469 g/mol. The molecule has 0 aliphatic carbocycles. The second kappa shape index (κ2) is 7.93. The number of aromatic nitrogens is 2. The maximum atomic E-state index is 14.2. The van der Waals surface area contributed by atoms with Gasteiger partial charge in [-0.1, -0.05) is 23.2 Å². The first-order chi connectivity index (χ1) is 15.5. The molecule has 0 radical (unpaired) electrons. The number of nitrogens with one attached hydrogen (secondary N) is 1. The minimum absolute atomic E-state index is 0.0810. The van der Waals surface area contributed by atoms with E-state index >= 15 is 0 Å². The van der Waals surface area contributed by atoms with Gasteiger partial charge in [-0.05, 0) is 36.6 Å². The van der Waals surface area contributed by atoms with Crippen molar-refractivity contribution in [3.8, 4) is 11.8 Å². The largest absolute Gasteiger partial charge is 0.484 e. The molecule has 0 bridgehead atoms. The molecule has 1 N–H and O–H groups in total. The molecule has 2 aliphatic rings. The van der Waals surface area contributed by atoms with E-state index in [1.165, 1.54) is 29.4 Å². The van der Waals surface area contributed by atoms with E-state index in [1.807, 2.05) is 6.07 Å². The lowest BCUT2D eigenvalue weighted by Crippen LogP contribution is -2.39. The van der Waals surface area contributed by atoms with Gasteiger partial charge in [0.2, 0.25) is 0 Å². The summed E-state index contributed by atoms with van der Waals surface area (Å²) in [7, 11) is 0. The summed E-state index contributed by atoms with van der Waals surface area (Å²) in [5, 5.41) is 12.6. The van der Waals surface area contributed by atoms with Crippen LogP contribution in [0.15, 0.2) is 36.7 Å². The predicted molar refractivity (Wildman–Crippen MR) is 117 cm³/mol. The molecule has 2 aliphatic heterocycles. The fourth-order valence-corrected chi connectivity index (χ4v) is 4.41. The van der Waals surface area contributed by atoms with E-state index in [-0.39, 0.29) is 23.6 Å². The van der Waals surface area contributed by atoms with Crippen LogP contribution in [0, 0.1) is 17.1 Å². The lowest BCUT2D eigenvalue weighted by atomic mass is 9.99. The number of nitriles is 1. The van der Waals surface area contributed by atoms with Crippen molar-refractivity contribution in [2.75, 3.05) is 10.2 Å². The van der Waals surface area contributed by atoms with Gasteiger partial charge in [0, 0.05) is 24.0 Å². The third-order valence-electron chi connectivity index (χ3n) is 5.49. The van der Waals surface area contributed by atoms with Gasteiger partial charge in [0.1, 0.15) is 29.4 Å². The molecular formula is C22H14Cl2FN5O2. The van der Waals surface area contributed by atoms with E-state index in [4.69, 9.17) is 27.9 Å². The fraction of sp³-hybridized carbons (Fsp3) is 0.182. The van der Waals surface area contributed by atoms with Gasteiger partial charge in [-0.25, -0.2) is 14.2 Å². The van der Waals surface area contributed by atoms with E-state index in [9.17, 15) is 14.4 Å². The standard InChI is InChI=1S/C22H14Cl2FN5O2/c23-13-6-11-3-4-18(21-15(25)2-1-5-27-21)32-19(11)7-17(13)30-10-12-14(24)9-28-16(8-26)20(12)29-22(30)31/h1-2,5-7,9,18H,3-4,10H2,(H,29,31). The summed E-state index contributed by atoms with van der Waals surface area (Å²) in [5.41, 5.74) is 2.43. The number of ether oxygens (including phenoxy) is 1. The highest BCUT2D eigenvalue weighted by Crippen LogP contribution is 2.43. The second-order valence-electron chi connectivity index (χ2n) is 7.36. The minimum Gasteiger partial charge on any atom is -0.484 e. The zero-order valence-corrected chi connectivity index (χ0v) is 17.9. The number of carbonyl (C=O) groups is 1. The number of nitrogens with zero attached hydrogens (tertiary/aromatic N) is 4. The summed E-state index contributed by atoms with van der Waals surface area (Å²) in [6.07, 6.45) is 3.51. The number of halogens is 3. The van der Waals surface area contributed by atoms with E-state index < -0.39 is 18.0 Å². The first-order valence-corrected chi connectivity index (χ1v) is 10.5. The number of urea groups is 1. The Bertz CT molecular complexity index is 1310. The van der Waals surface area contributed by atoms with Gasteiger partial charge in [0.05, 0.1) is 28.0 Å². The highest BCUT2D eigenvalue weighted by Gasteiger charge is 2.32. The van der Waals surface area contributed by atoms with Crippen LogP contribution in [0.2, 0.25) is 10.0 Å². The van der Waals surface area contributed by atoms with Crippen molar-refractivity contribution in [1.82, 2.24) is 9.97 Å². The van der Waals surface area contributed by atoms with Crippen LogP contribution >= 0.6 is 23.2 Å². The number of benzene rings is 1. The quantitative estimate of drug-likeness (QED) is 0.541. The lowest BCUT2D eigenvalue weighted by Gasteiger charge is -2.32. The van der Waals surface area contributed by atoms with Crippen molar-refractivity contribution in [2.24, 2.45) is 0 Å². The molecule has 7 nitrogen and oxygen atoms in total. The summed E-state index contributed by atoms with van der Waals surface area (Å²) in [6.45, 7) is 0.0913. The Morgan fingerprint density at radius 1 is 1.28 bits per heavy atom. The average Bonchev–Trinajstić information content (AvgIpc) is 2.79. The zero-order chi connectivity index (χ0) is 22.4. The number of hydrogen-bond donors (Lipinski definition) is 1. The Balaban J connectivity index is 1.51. The first kappa shape index (κ1) is 20.5. The van der Waals surface area contributed by atoms with Crippen molar-refractivity contribution >= 4 is 40.6 Å². The molecule has 5 rings (SSSR count). The van der Waals surface area contributed by atoms with Crippen molar-refractivity contribution in [2.45, 2.75) is 25.5 Å². The maximum absolute atomic E-state index is 14.2. The van der Waals surface area contributed by atoms with Crippen LogP contribution in [0.1, 0.15) is 35.0 Å². The lowest BCUT2D eigenvalue weighted by molar-refractivity contribution is 0.167. The second-order valence-corrected chi connectivity index (χ2v) is 8.18. The van der Waals surface area contributed by atoms with Gasteiger partial charge in [0.25, 0.3) is 0 Å². The topological polar surface area (TPSA) is 91.1 Å². The fourth-order valence-electron chi connectivity index (χ4n) is 3.92. The number of carbonyl (C=O) groups excluding carboxylic acids is 1. The van der Waals surface area contributed by atoms with Gasteiger partial charge >= 0.3 is 6.03 Å². The highest BCUT2D eigenvalue weighted by atomic mass is 35.5. The number of hydrogen-bond acceptors (Lipinski definition) is 5. The SMILES string of the molecule is N#Cc1ncc(Cl)c2c1NC(=O)N(c1cc3c(cc1Cl)CCC(c1ncccc1F)O3)C2. The predicted octanol–water partition coefficient (Wildman–Crippen LogP) is 5.41. The number of anilines is 2. The van der Waals surface area contributed by atoms with Crippen molar-refractivity contribution in [1.29, 1.82) is 5.26 Å². The Morgan fingerprint density at radius 3 is 2.91 bits per heavy atom. The molecule has 0 fully saturated rings. The average molecular weight is 470 g/mol. The minimum atomic E-state index is -0.549. The van der Waals surface area contributed by atoms with E-state index in [2.05, 4.69) is 15.3 Å². The molecule has 1 aromatic carbocycles. The highest BCUT2D eigenvalue weighted by molar-refractivity contribution is 6.34. The third kappa shape index (κ3) is 3.40. The normalized spacial score (nSPS) is 17.0. The Morgan fingerprint density at radius 2 is 2.12 bits per heavy atom. The van der Waals surface area contributed by atoms with Gasteiger partial charge in [-0.3, -0.25) is 9.88 Å². The van der Waals surface area contributed by atoms with Crippen LogP contribution < -0.4 is 15.0 Å². The molecule has 32 heavy (non-hydrogen) atoms. The van der Waals surface area contributed by atoms with E-state index in [0.29, 0.717) is 39.9 Å². The number of aryl methyl sites for hydroxylation is 1. The van der Waals surface area contributed by atoms with Gasteiger partial charge in [-0.15, -0.1) is 0 Å². The molecular weight excluding hydrogens is 456 g/mol. The molecule has 3 aromatic rings. The molecule has 2 aromatic heterocycles. The summed E-state index contributed by atoms with van der Waals surface area (Å²) >= 11 is 12.8. The molecule has 0 saturated heterocycles. The number of pyridine rings is 2. The first-order valence-electron chi connectivity index (χ1n) is 9.71. The Hall–Kier alpha value is -3.41. The van der Waals surface area contributed by atoms with Crippen LogP contribution in [-0.4, -0.2) is 16.0 Å². The van der Waals surface area contributed by atoms with E-state index in [0.717, 1.165) is 5.56 Å². The maximum Gasteiger partial charge on any atom is 0.326 e. The van der Waals surface area contributed by atoms with Crippen molar-refractivity contribution in [3.63, 3.8) is 0 Å². The molecule has 10 heteroatoms. The zero-order valence-electron chi connectivity index (χ0n) is 16.4. The van der Waals surface area contributed by atoms with Crippen molar-refractivity contribution in [3.05, 3.63) is 75.0 Å². The van der Waals surface area contributed by atoms with Gasteiger partial charge < -0.3 is 10.1 Å². The van der Waals surface area contributed by atoms with Crippen LogP contribution in [0.3, 0.4) is 0 Å². The molecule has 0 saturated carbocycles. The Kier molecular flexibility index (Phi) is 5.08. The van der Waals surface area contributed by atoms with Crippen molar-refractivity contribution < 1.29 is 13.9 Å². The summed E-state index contributed by atoms with van der Waals surface area (Å²) in [4.78, 5) is 22.3. The van der Waals surface area contributed by atoms with Crippen LogP contribution in [0.25, 0.3) is 0 Å². The van der Waals surface area contributed by atoms with Crippen LogP contribution in [0.4, 0.5) is 20.6 Å². The summed E-state index contributed by atoms with van der Waals surface area (Å²) < 4.78 is 20.3. The van der Waals surface area contributed by atoms with E-state index in [1.54, 1.807) is 12.1 Å². The van der Waals surface area contributed by atoms with Gasteiger partial charge in [-0.2, -0.15) is 5.26 Å². The summed E-state index contributed by atoms with van der Waals surface area (Å²) in [5.74, 6) is 0.0709. The van der Waals surface area contributed by atoms with Gasteiger partial charge in [0.15, 0.2) is 5.69 Å². The molecule has 2 amide bonds. The Labute approximate surface area is 192 Å². The van der Waals surface area contributed by atoms with Crippen LogP contribution in [0.5, 0.6) is 5.75 Å². The number of amides is 2. The third-order valence-corrected chi connectivity index (χ3v) is 6.12. The number of rotatable bonds is 2. The molecule has 4 heterocycles. The number of fused-ring (bicyclic) bond motifs is 2. The molecule has 160 valence electrons. The van der Waals surface area contributed by atoms with Crippen LogP contribution in [-0.2, 0) is 13.0 Å². The molecule has 0 spiro atoms. The summed E-state index contributed by atoms with van der Waals surface area (Å²) in [6, 6.07) is 7.74. The molecule has 1 unspecified atom stereocenters. The molecule has 1 atom stereocenters.